The summed E-state index contributed by atoms with van der Waals surface area (Å²) in [7, 11) is 0. The van der Waals surface area contributed by atoms with Gasteiger partial charge in [0, 0.05) is 16.6 Å². The molecule has 12 aromatic rings. The lowest BCUT2D eigenvalue weighted by atomic mass is 9.68. The fourth-order valence-corrected chi connectivity index (χ4v) is 10.9. The van der Waals surface area contributed by atoms with Crippen molar-refractivity contribution in [2.45, 2.75) is 5.41 Å². The van der Waals surface area contributed by atoms with Crippen molar-refractivity contribution in [1.82, 2.24) is 0 Å². The van der Waals surface area contributed by atoms with Crippen molar-refractivity contribution in [3.05, 3.63) is 283 Å². The van der Waals surface area contributed by atoms with Crippen LogP contribution in [0.25, 0.3) is 77.2 Å². The molecule has 0 bridgehead atoms. The Morgan fingerprint density at radius 2 is 0.851 bits per heavy atom. The van der Waals surface area contributed by atoms with Gasteiger partial charge in [-0.1, -0.05) is 206 Å². The number of rotatable bonds is 8. The van der Waals surface area contributed by atoms with E-state index in [9.17, 15) is 0 Å². The maximum absolute atomic E-state index is 6.56. The van der Waals surface area contributed by atoms with Crippen LogP contribution in [0.2, 0.25) is 0 Å². The molecule has 0 amide bonds. The van der Waals surface area contributed by atoms with Crippen LogP contribution in [-0.4, -0.2) is 0 Å². The van der Waals surface area contributed by atoms with Crippen molar-refractivity contribution in [3.63, 3.8) is 0 Å². The van der Waals surface area contributed by atoms with Crippen LogP contribution in [0.5, 0.6) is 0 Å². The van der Waals surface area contributed by atoms with Crippen LogP contribution in [-0.2, 0) is 5.41 Å². The fourth-order valence-electron chi connectivity index (χ4n) is 10.9. The molecule has 0 aliphatic heterocycles. The van der Waals surface area contributed by atoms with Crippen LogP contribution in [0, 0.1) is 0 Å². The molecule has 0 radical (unpaired) electrons. The van der Waals surface area contributed by atoms with Gasteiger partial charge < -0.3 is 9.32 Å². The molecule has 11 aromatic carbocycles. The van der Waals surface area contributed by atoms with E-state index in [1.54, 1.807) is 0 Å². The van der Waals surface area contributed by atoms with Crippen molar-refractivity contribution in [2.75, 3.05) is 4.90 Å². The maximum atomic E-state index is 6.56. The Morgan fingerprint density at radius 3 is 1.58 bits per heavy atom. The Kier molecular flexibility index (Phi) is 9.11. The fraction of sp³-hybridized carbons (Fsp3) is 0.0154. The Bertz CT molecular complexity index is 3770. The third kappa shape index (κ3) is 6.26. The molecule has 1 aliphatic carbocycles. The van der Waals surface area contributed by atoms with Crippen LogP contribution in [0.3, 0.4) is 0 Å². The van der Waals surface area contributed by atoms with E-state index in [2.05, 4.69) is 260 Å². The molecule has 1 aromatic heterocycles. The lowest BCUT2D eigenvalue weighted by Gasteiger charge is -2.34. The van der Waals surface area contributed by atoms with E-state index < -0.39 is 5.41 Å². The average Bonchev–Trinajstić information content (AvgIpc) is 3.94. The lowest BCUT2D eigenvalue weighted by Crippen LogP contribution is -2.28. The van der Waals surface area contributed by atoms with Gasteiger partial charge in [-0.3, -0.25) is 0 Å². The monoisotopic (exact) mass is 853 g/mol. The van der Waals surface area contributed by atoms with Gasteiger partial charge in [-0.25, -0.2) is 0 Å². The second-order valence-corrected chi connectivity index (χ2v) is 17.6. The molecule has 0 fully saturated rings. The zero-order valence-electron chi connectivity index (χ0n) is 36.7. The minimum absolute atomic E-state index is 0.533. The smallest absolute Gasteiger partial charge is 0.137 e. The first-order valence-corrected chi connectivity index (χ1v) is 23.1. The van der Waals surface area contributed by atoms with Gasteiger partial charge in [0.05, 0.1) is 22.2 Å². The van der Waals surface area contributed by atoms with Crippen molar-refractivity contribution in [3.8, 4) is 44.5 Å². The third-order valence-corrected chi connectivity index (χ3v) is 13.9. The number of furan rings is 1. The first-order valence-electron chi connectivity index (χ1n) is 23.1. The number of hydrogen-bond donors (Lipinski definition) is 0. The molecule has 314 valence electrons. The standard InChI is InChI=1S/C65H43NO/c1-3-23-52(24-4-1)65(53-25-5-2-6-26-53)57-29-11-9-27-55(57)63-58(65)30-15-31-59(63)66(60-32-16-34-62-64(60)56-28-10-12-33-61(56)67-62)54-39-37-45(38-40-54)47-19-13-20-48(41-47)49-21-14-22-50(43-49)51-36-35-44-17-7-8-18-46(44)42-51/h1-43H. The van der Waals surface area contributed by atoms with Gasteiger partial charge in [0.25, 0.3) is 0 Å². The molecular weight excluding hydrogens is 811 g/mol. The molecule has 0 unspecified atom stereocenters. The minimum atomic E-state index is -0.533. The number of hydrogen-bond acceptors (Lipinski definition) is 2. The normalized spacial score (nSPS) is 12.6. The SMILES string of the molecule is c1ccc(C2(c3ccccc3)c3ccccc3-c3c(N(c4ccc(-c5cccc(-c6cccc(-c7ccc8ccccc8c7)c6)c5)cc4)c4cccc5oc6ccccc6c45)cccc32)cc1. The second kappa shape index (κ2) is 15.8. The van der Waals surface area contributed by atoms with E-state index in [0.29, 0.717) is 0 Å². The molecule has 2 heteroatoms. The highest BCUT2D eigenvalue weighted by atomic mass is 16.3. The lowest BCUT2D eigenvalue weighted by molar-refractivity contribution is 0.669. The van der Waals surface area contributed by atoms with E-state index in [0.717, 1.165) is 44.6 Å². The van der Waals surface area contributed by atoms with Crippen LogP contribution in [0.1, 0.15) is 22.3 Å². The van der Waals surface area contributed by atoms with Crippen molar-refractivity contribution in [2.24, 2.45) is 0 Å². The van der Waals surface area contributed by atoms with Crippen molar-refractivity contribution < 1.29 is 4.42 Å². The van der Waals surface area contributed by atoms with E-state index in [1.807, 2.05) is 6.07 Å². The molecular formula is C65H43NO. The predicted octanol–water partition coefficient (Wildman–Crippen LogP) is 17.6. The summed E-state index contributed by atoms with van der Waals surface area (Å²) < 4.78 is 6.56. The van der Waals surface area contributed by atoms with Gasteiger partial charge in [0.15, 0.2) is 0 Å². The molecule has 1 aliphatic rings. The molecule has 13 rings (SSSR count). The summed E-state index contributed by atoms with van der Waals surface area (Å²) in [6, 6.07) is 95.0. The first kappa shape index (κ1) is 38.7. The average molecular weight is 854 g/mol. The zero-order valence-corrected chi connectivity index (χ0v) is 36.7. The quantitative estimate of drug-likeness (QED) is 0.151. The van der Waals surface area contributed by atoms with E-state index in [1.165, 1.54) is 72.0 Å². The Morgan fingerprint density at radius 1 is 0.328 bits per heavy atom. The summed E-state index contributed by atoms with van der Waals surface area (Å²) in [6.45, 7) is 0. The van der Waals surface area contributed by atoms with Gasteiger partial charge in [0.2, 0.25) is 0 Å². The van der Waals surface area contributed by atoms with Gasteiger partial charge in [-0.05, 0) is 127 Å². The summed E-state index contributed by atoms with van der Waals surface area (Å²) >= 11 is 0. The van der Waals surface area contributed by atoms with Crippen molar-refractivity contribution in [1.29, 1.82) is 0 Å². The van der Waals surface area contributed by atoms with E-state index in [4.69, 9.17) is 4.42 Å². The number of fused-ring (bicyclic) bond motifs is 7. The zero-order chi connectivity index (χ0) is 44.3. The minimum Gasteiger partial charge on any atom is -0.456 e. The molecule has 0 atom stereocenters. The van der Waals surface area contributed by atoms with Crippen LogP contribution in [0.15, 0.2) is 265 Å². The second-order valence-electron chi connectivity index (χ2n) is 17.6. The number of benzene rings is 11. The highest BCUT2D eigenvalue weighted by Crippen LogP contribution is 2.60. The highest BCUT2D eigenvalue weighted by Gasteiger charge is 2.47. The molecule has 67 heavy (non-hydrogen) atoms. The molecule has 2 nitrogen and oxygen atoms in total. The molecule has 0 saturated carbocycles. The number of nitrogens with zero attached hydrogens (tertiary/aromatic N) is 1. The maximum Gasteiger partial charge on any atom is 0.137 e. The van der Waals surface area contributed by atoms with Crippen LogP contribution < -0.4 is 4.90 Å². The topological polar surface area (TPSA) is 16.4 Å². The summed E-state index contributed by atoms with van der Waals surface area (Å²) in [6.07, 6.45) is 0. The first-order chi connectivity index (χ1) is 33.2. The van der Waals surface area contributed by atoms with Crippen LogP contribution >= 0.6 is 0 Å². The summed E-state index contributed by atoms with van der Waals surface area (Å²) in [5.41, 5.74) is 19.0. The number of para-hydroxylation sites is 1. The Balaban J connectivity index is 0.972. The van der Waals surface area contributed by atoms with Gasteiger partial charge in [-0.2, -0.15) is 0 Å². The Hall–Kier alpha value is -8.72. The molecule has 1 heterocycles. The van der Waals surface area contributed by atoms with E-state index >= 15 is 0 Å². The van der Waals surface area contributed by atoms with Crippen molar-refractivity contribution >= 4 is 49.8 Å². The Labute approximate surface area is 390 Å². The molecule has 0 spiro atoms. The van der Waals surface area contributed by atoms with Gasteiger partial charge in [0.1, 0.15) is 11.2 Å². The highest BCUT2D eigenvalue weighted by molar-refractivity contribution is 6.14. The van der Waals surface area contributed by atoms with Gasteiger partial charge in [-0.15, -0.1) is 0 Å². The third-order valence-electron chi connectivity index (χ3n) is 13.9. The van der Waals surface area contributed by atoms with E-state index in [-0.39, 0.29) is 0 Å². The van der Waals surface area contributed by atoms with Crippen LogP contribution in [0.4, 0.5) is 17.1 Å². The summed E-state index contributed by atoms with van der Waals surface area (Å²) in [4.78, 5) is 2.46. The molecule has 0 N–H and O–H groups in total. The number of anilines is 3. The molecule has 0 saturated heterocycles. The summed E-state index contributed by atoms with van der Waals surface area (Å²) in [5.74, 6) is 0. The van der Waals surface area contributed by atoms with Gasteiger partial charge >= 0.3 is 0 Å². The largest absolute Gasteiger partial charge is 0.456 e. The summed E-state index contributed by atoms with van der Waals surface area (Å²) in [5, 5.41) is 4.68. The predicted molar refractivity (Wildman–Crippen MR) is 280 cm³/mol.